The summed E-state index contributed by atoms with van der Waals surface area (Å²) in [5, 5.41) is 3.35. The third-order valence-corrected chi connectivity index (χ3v) is 3.47. The quantitative estimate of drug-likeness (QED) is 0.439. The first-order chi connectivity index (χ1) is 10.5. The molecule has 23 heavy (non-hydrogen) atoms. The fraction of sp³-hybridized carbons (Fsp3) is 0.500. The van der Waals surface area contributed by atoms with Crippen LogP contribution in [0.4, 0.5) is 4.39 Å². The summed E-state index contributed by atoms with van der Waals surface area (Å²) < 4.78 is 13.0. The highest BCUT2D eigenvalue weighted by Crippen LogP contribution is 2.19. The third-order valence-electron chi connectivity index (χ3n) is 3.47. The van der Waals surface area contributed by atoms with Crippen molar-refractivity contribution < 1.29 is 9.18 Å². The predicted octanol–water partition coefficient (Wildman–Crippen LogP) is 2.07. The molecule has 0 atom stereocenters. The highest BCUT2D eigenvalue weighted by Gasteiger charge is 2.24. The van der Waals surface area contributed by atoms with Gasteiger partial charge in [0.05, 0.1) is 0 Å². The number of nitrogens with one attached hydrogen (secondary N) is 1. The van der Waals surface area contributed by atoms with Gasteiger partial charge < -0.3 is 15.1 Å². The van der Waals surface area contributed by atoms with E-state index in [9.17, 15) is 9.18 Å². The largest absolute Gasteiger partial charge is 0.353 e. The van der Waals surface area contributed by atoms with Crippen molar-refractivity contribution in [3.8, 4) is 0 Å². The Balaban J connectivity index is 0.00000264. The van der Waals surface area contributed by atoms with Crippen LogP contribution in [0, 0.1) is 5.82 Å². The number of carbonyl (C=O) groups is 1. The molecule has 0 saturated heterocycles. The Hall–Kier alpha value is -1.38. The van der Waals surface area contributed by atoms with Crippen molar-refractivity contribution in [2.75, 3.05) is 27.7 Å². The Kier molecular flexibility index (Phi) is 7.74. The smallest absolute Gasteiger partial charge is 0.243 e. The van der Waals surface area contributed by atoms with Crippen molar-refractivity contribution in [2.24, 2.45) is 4.99 Å². The molecule has 2 rings (SSSR count). The van der Waals surface area contributed by atoms with Gasteiger partial charge in [-0.3, -0.25) is 4.79 Å². The number of nitrogens with zero attached hydrogens (tertiary/aromatic N) is 3. The van der Waals surface area contributed by atoms with Crippen LogP contribution in [0.2, 0.25) is 0 Å². The van der Waals surface area contributed by atoms with Gasteiger partial charge in [0.1, 0.15) is 12.4 Å². The molecule has 1 N–H and O–H groups in total. The summed E-state index contributed by atoms with van der Waals surface area (Å²) in [4.78, 5) is 19.6. The molecule has 7 heteroatoms. The topological polar surface area (TPSA) is 47.9 Å². The number of amides is 1. The van der Waals surface area contributed by atoms with Gasteiger partial charge in [-0.25, -0.2) is 9.38 Å². The van der Waals surface area contributed by atoms with E-state index < -0.39 is 0 Å². The van der Waals surface area contributed by atoms with Crippen molar-refractivity contribution in [1.82, 2.24) is 15.1 Å². The van der Waals surface area contributed by atoms with Gasteiger partial charge in [-0.05, 0) is 30.5 Å². The van der Waals surface area contributed by atoms with Gasteiger partial charge >= 0.3 is 0 Å². The van der Waals surface area contributed by atoms with Crippen molar-refractivity contribution in [3.63, 3.8) is 0 Å². The lowest BCUT2D eigenvalue weighted by Gasteiger charge is -2.23. The van der Waals surface area contributed by atoms with Crippen molar-refractivity contribution in [3.05, 3.63) is 35.6 Å². The average molecular weight is 434 g/mol. The van der Waals surface area contributed by atoms with E-state index in [1.54, 1.807) is 26.2 Å². The molecule has 0 spiro atoms. The predicted molar refractivity (Wildman–Crippen MR) is 100 cm³/mol. The molecule has 1 amide bonds. The maximum Gasteiger partial charge on any atom is 0.243 e. The summed E-state index contributed by atoms with van der Waals surface area (Å²) in [5.74, 6) is 0.431. The van der Waals surface area contributed by atoms with E-state index >= 15 is 0 Å². The molecule has 1 aliphatic rings. The van der Waals surface area contributed by atoms with Crippen LogP contribution in [-0.2, 0) is 11.3 Å². The summed E-state index contributed by atoms with van der Waals surface area (Å²) in [7, 11) is 5.35. The van der Waals surface area contributed by atoms with Crippen LogP contribution in [0.3, 0.4) is 0 Å². The number of guanidine groups is 1. The monoisotopic (exact) mass is 434 g/mol. The van der Waals surface area contributed by atoms with Gasteiger partial charge in [-0.15, -0.1) is 24.0 Å². The van der Waals surface area contributed by atoms with Crippen LogP contribution >= 0.6 is 24.0 Å². The van der Waals surface area contributed by atoms with E-state index in [0.29, 0.717) is 18.5 Å². The fourth-order valence-electron chi connectivity index (χ4n) is 1.91. The first kappa shape index (κ1) is 19.7. The average Bonchev–Trinajstić information content (AvgIpc) is 3.29. The van der Waals surface area contributed by atoms with Crippen molar-refractivity contribution in [2.45, 2.75) is 25.4 Å². The molecule has 1 aromatic carbocycles. The summed E-state index contributed by atoms with van der Waals surface area (Å²) in [6.07, 6.45) is 2.26. The summed E-state index contributed by atoms with van der Waals surface area (Å²) in [6, 6.07) is 6.86. The Morgan fingerprint density at radius 2 is 1.87 bits per heavy atom. The SMILES string of the molecule is CN(C)C(=O)CN=C(NC1CC1)N(C)Cc1ccc(F)cc1.I. The molecule has 0 aromatic heterocycles. The second-order valence-electron chi connectivity index (χ2n) is 5.83. The van der Waals surface area contributed by atoms with Crippen molar-refractivity contribution >= 4 is 35.8 Å². The van der Waals surface area contributed by atoms with E-state index in [1.807, 2.05) is 11.9 Å². The lowest BCUT2D eigenvalue weighted by molar-refractivity contribution is -0.127. The van der Waals surface area contributed by atoms with Crippen LogP contribution < -0.4 is 5.32 Å². The number of rotatable bonds is 5. The zero-order valence-corrected chi connectivity index (χ0v) is 16.1. The van der Waals surface area contributed by atoms with Gasteiger partial charge in [0.15, 0.2) is 5.96 Å². The summed E-state index contributed by atoms with van der Waals surface area (Å²) in [5.41, 5.74) is 0.994. The number of hydrogen-bond acceptors (Lipinski definition) is 2. The Bertz CT molecular complexity index is 544. The Morgan fingerprint density at radius 1 is 1.26 bits per heavy atom. The first-order valence-corrected chi connectivity index (χ1v) is 7.42. The van der Waals surface area contributed by atoms with Crippen LogP contribution in [0.15, 0.2) is 29.3 Å². The maximum absolute atomic E-state index is 13.0. The van der Waals surface area contributed by atoms with Crippen molar-refractivity contribution in [1.29, 1.82) is 0 Å². The molecule has 0 bridgehead atoms. The molecule has 1 aliphatic carbocycles. The van der Waals surface area contributed by atoms with E-state index in [4.69, 9.17) is 0 Å². The standard InChI is InChI=1S/C16H23FN4O.HI/c1-20(2)15(22)10-18-16(19-14-8-9-14)21(3)11-12-4-6-13(17)7-5-12;/h4-7,14H,8-11H2,1-3H3,(H,18,19);1H. The Morgan fingerprint density at radius 3 is 2.39 bits per heavy atom. The zero-order chi connectivity index (χ0) is 16.1. The molecule has 1 aromatic rings. The third kappa shape index (κ3) is 6.72. The second-order valence-corrected chi connectivity index (χ2v) is 5.83. The van der Waals surface area contributed by atoms with Crippen LogP contribution in [0.25, 0.3) is 0 Å². The minimum atomic E-state index is -0.243. The highest BCUT2D eigenvalue weighted by molar-refractivity contribution is 14.0. The lowest BCUT2D eigenvalue weighted by Crippen LogP contribution is -2.40. The van der Waals surface area contributed by atoms with E-state index in [1.165, 1.54) is 17.0 Å². The highest BCUT2D eigenvalue weighted by atomic mass is 127. The number of benzene rings is 1. The lowest BCUT2D eigenvalue weighted by atomic mass is 10.2. The number of hydrogen-bond donors (Lipinski definition) is 1. The molecule has 128 valence electrons. The van der Waals surface area contributed by atoms with Gasteiger partial charge in [0, 0.05) is 33.7 Å². The van der Waals surface area contributed by atoms with E-state index in [0.717, 1.165) is 18.4 Å². The molecule has 1 saturated carbocycles. The number of likely N-dealkylation sites (N-methyl/N-ethyl adjacent to an activating group) is 1. The van der Waals surface area contributed by atoms with Gasteiger partial charge in [0.2, 0.25) is 5.91 Å². The second kappa shape index (κ2) is 9.05. The van der Waals surface area contributed by atoms with Gasteiger partial charge in [0.25, 0.3) is 0 Å². The molecule has 0 heterocycles. The first-order valence-electron chi connectivity index (χ1n) is 7.42. The van der Waals surface area contributed by atoms with E-state index in [-0.39, 0.29) is 42.2 Å². The zero-order valence-electron chi connectivity index (χ0n) is 13.8. The summed E-state index contributed by atoms with van der Waals surface area (Å²) in [6.45, 7) is 0.727. The normalized spacial score (nSPS) is 14.0. The fourth-order valence-corrected chi connectivity index (χ4v) is 1.91. The number of halogens is 2. The molecule has 0 unspecified atom stereocenters. The summed E-state index contributed by atoms with van der Waals surface area (Å²) >= 11 is 0. The van der Waals surface area contributed by atoms with Crippen LogP contribution in [0.5, 0.6) is 0 Å². The molecular weight excluding hydrogens is 410 g/mol. The molecule has 1 fully saturated rings. The minimum Gasteiger partial charge on any atom is -0.353 e. The van der Waals surface area contributed by atoms with Gasteiger partial charge in [-0.2, -0.15) is 0 Å². The Labute approximate surface area is 154 Å². The number of aliphatic imine (C=N–C) groups is 1. The van der Waals surface area contributed by atoms with Crippen LogP contribution in [0.1, 0.15) is 18.4 Å². The molecule has 0 aliphatic heterocycles. The molecular formula is C16H24FIN4O. The number of carbonyl (C=O) groups excluding carboxylic acids is 1. The minimum absolute atomic E-state index is 0. The molecule has 0 radical (unpaired) electrons. The van der Waals surface area contributed by atoms with E-state index in [2.05, 4.69) is 10.3 Å². The van der Waals surface area contributed by atoms with Crippen LogP contribution in [-0.4, -0.2) is 55.4 Å². The maximum atomic E-state index is 13.0. The van der Waals surface area contributed by atoms with Gasteiger partial charge in [-0.1, -0.05) is 12.1 Å². The molecule has 5 nitrogen and oxygen atoms in total.